The van der Waals surface area contributed by atoms with Gasteiger partial charge in [-0.15, -0.1) is 0 Å². The third-order valence-electron chi connectivity index (χ3n) is 1.48. The lowest BCUT2D eigenvalue weighted by Crippen LogP contribution is -1.86. The van der Waals surface area contributed by atoms with E-state index in [1.54, 1.807) is 0 Å². The fourth-order valence-corrected chi connectivity index (χ4v) is 1.88. The zero-order valence-electron chi connectivity index (χ0n) is 6.97. The standard InChI is InChI=1S/C10H14S/c1-9(2)7-11-8-10-5-3-4-6-10/h3-5H,1,6-8H2,2H3. The van der Waals surface area contributed by atoms with E-state index < -0.39 is 0 Å². The molecule has 1 heteroatoms. The van der Waals surface area contributed by atoms with E-state index in [2.05, 4.69) is 31.7 Å². The summed E-state index contributed by atoms with van der Waals surface area (Å²) in [7, 11) is 0. The smallest absolute Gasteiger partial charge is 0.0152 e. The molecular formula is C10H14S. The molecule has 0 unspecified atom stereocenters. The Balaban J connectivity index is 2.09. The third kappa shape index (κ3) is 3.47. The van der Waals surface area contributed by atoms with Crippen molar-refractivity contribution < 1.29 is 0 Å². The highest BCUT2D eigenvalue weighted by Crippen LogP contribution is 2.17. The van der Waals surface area contributed by atoms with Crippen LogP contribution in [0.1, 0.15) is 13.3 Å². The monoisotopic (exact) mass is 166 g/mol. The Hall–Kier alpha value is -0.430. The normalized spacial score (nSPS) is 15.2. The van der Waals surface area contributed by atoms with Gasteiger partial charge in [0.05, 0.1) is 0 Å². The summed E-state index contributed by atoms with van der Waals surface area (Å²) in [6.45, 7) is 5.94. The average molecular weight is 166 g/mol. The van der Waals surface area contributed by atoms with Gasteiger partial charge in [0.15, 0.2) is 0 Å². The molecule has 1 aliphatic rings. The van der Waals surface area contributed by atoms with Crippen LogP contribution in [0.5, 0.6) is 0 Å². The van der Waals surface area contributed by atoms with Gasteiger partial charge in [-0.25, -0.2) is 0 Å². The molecule has 0 bridgehead atoms. The van der Waals surface area contributed by atoms with Crippen LogP contribution in [0.2, 0.25) is 0 Å². The van der Waals surface area contributed by atoms with Crippen molar-refractivity contribution in [3.05, 3.63) is 36.0 Å². The van der Waals surface area contributed by atoms with Gasteiger partial charge in [-0.1, -0.05) is 36.0 Å². The second-order valence-electron chi connectivity index (χ2n) is 2.91. The summed E-state index contributed by atoms with van der Waals surface area (Å²) < 4.78 is 0. The fraction of sp³-hybridized carbons (Fsp3) is 0.400. The summed E-state index contributed by atoms with van der Waals surface area (Å²) in [5.41, 5.74) is 2.80. The van der Waals surface area contributed by atoms with Crippen LogP contribution in [0.25, 0.3) is 0 Å². The number of hydrogen-bond donors (Lipinski definition) is 0. The Labute approximate surface area is 73.1 Å². The number of hydrogen-bond acceptors (Lipinski definition) is 1. The van der Waals surface area contributed by atoms with Crippen molar-refractivity contribution in [3.63, 3.8) is 0 Å². The lowest BCUT2D eigenvalue weighted by atomic mass is 10.3. The van der Waals surface area contributed by atoms with Gasteiger partial charge in [0, 0.05) is 11.5 Å². The summed E-state index contributed by atoms with van der Waals surface area (Å²) in [4.78, 5) is 0. The van der Waals surface area contributed by atoms with E-state index >= 15 is 0 Å². The van der Waals surface area contributed by atoms with Crippen molar-refractivity contribution in [2.45, 2.75) is 13.3 Å². The van der Waals surface area contributed by atoms with Crippen LogP contribution in [0.15, 0.2) is 36.0 Å². The molecule has 0 spiro atoms. The highest BCUT2D eigenvalue weighted by Gasteiger charge is 1.98. The van der Waals surface area contributed by atoms with Crippen molar-refractivity contribution >= 4 is 11.8 Å². The van der Waals surface area contributed by atoms with E-state index in [-0.39, 0.29) is 0 Å². The minimum Gasteiger partial charge on any atom is -0.153 e. The van der Waals surface area contributed by atoms with Crippen molar-refractivity contribution in [1.82, 2.24) is 0 Å². The van der Waals surface area contributed by atoms with Crippen LogP contribution >= 0.6 is 11.8 Å². The van der Waals surface area contributed by atoms with Gasteiger partial charge >= 0.3 is 0 Å². The molecule has 11 heavy (non-hydrogen) atoms. The van der Waals surface area contributed by atoms with Gasteiger partial charge in [-0.2, -0.15) is 11.8 Å². The Morgan fingerprint density at radius 3 is 3.09 bits per heavy atom. The Morgan fingerprint density at radius 1 is 1.73 bits per heavy atom. The van der Waals surface area contributed by atoms with Crippen LogP contribution in [-0.2, 0) is 0 Å². The average Bonchev–Trinajstić information content (AvgIpc) is 2.39. The molecule has 0 fully saturated rings. The van der Waals surface area contributed by atoms with Crippen LogP contribution < -0.4 is 0 Å². The van der Waals surface area contributed by atoms with E-state index in [0.717, 1.165) is 12.2 Å². The third-order valence-corrected chi connectivity index (χ3v) is 2.76. The maximum atomic E-state index is 3.86. The van der Waals surface area contributed by atoms with Crippen molar-refractivity contribution in [2.75, 3.05) is 11.5 Å². The van der Waals surface area contributed by atoms with Gasteiger partial charge < -0.3 is 0 Å². The molecular weight excluding hydrogens is 152 g/mol. The summed E-state index contributed by atoms with van der Waals surface area (Å²) in [5, 5.41) is 0. The minimum atomic E-state index is 1.09. The lowest BCUT2D eigenvalue weighted by molar-refractivity contribution is 1.26. The summed E-state index contributed by atoms with van der Waals surface area (Å²) in [6.07, 6.45) is 7.71. The number of thioether (sulfide) groups is 1. The molecule has 0 saturated carbocycles. The molecule has 1 rings (SSSR count). The van der Waals surface area contributed by atoms with E-state index in [1.807, 2.05) is 11.8 Å². The Kier molecular flexibility index (Phi) is 3.50. The molecule has 0 saturated heterocycles. The van der Waals surface area contributed by atoms with Gasteiger partial charge in [-0.3, -0.25) is 0 Å². The maximum absolute atomic E-state index is 3.86. The first-order valence-electron chi connectivity index (χ1n) is 3.86. The van der Waals surface area contributed by atoms with E-state index in [4.69, 9.17) is 0 Å². The largest absolute Gasteiger partial charge is 0.153 e. The van der Waals surface area contributed by atoms with Gasteiger partial charge in [0.2, 0.25) is 0 Å². The van der Waals surface area contributed by atoms with Crippen LogP contribution in [0.3, 0.4) is 0 Å². The summed E-state index contributed by atoms with van der Waals surface area (Å²) >= 11 is 1.95. The molecule has 0 atom stereocenters. The van der Waals surface area contributed by atoms with Gasteiger partial charge in [-0.05, 0) is 13.3 Å². The lowest BCUT2D eigenvalue weighted by Gasteiger charge is -2.00. The molecule has 0 heterocycles. The quantitative estimate of drug-likeness (QED) is 0.578. The first-order valence-corrected chi connectivity index (χ1v) is 5.01. The second kappa shape index (κ2) is 4.45. The van der Waals surface area contributed by atoms with E-state index in [9.17, 15) is 0 Å². The maximum Gasteiger partial charge on any atom is 0.0152 e. The highest BCUT2D eigenvalue weighted by molar-refractivity contribution is 7.99. The first kappa shape index (κ1) is 8.66. The molecule has 0 amide bonds. The molecule has 0 radical (unpaired) electrons. The Morgan fingerprint density at radius 2 is 2.55 bits per heavy atom. The van der Waals surface area contributed by atoms with Crippen LogP contribution in [0.4, 0.5) is 0 Å². The SMILES string of the molecule is C=C(C)CSCC1=CC=CC1. The zero-order chi connectivity index (χ0) is 8.10. The summed E-state index contributed by atoms with van der Waals surface area (Å²) in [5.74, 6) is 2.26. The van der Waals surface area contributed by atoms with Crippen LogP contribution in [-0.4, -0.2) is 11.5 Å². The van der Waals surface area contributed by atoms with Crippen LogP contribution in [0, 0.1) is 0 Å². The zero-order valence-corrected chi connectivity index (χ0v) is 7.79. The highest BCUT2D eigenvalue weighted by atomic mass is 32.2. The molecule has 0 N–H and O–H groups in total. The Bertz CT molecular complexity index is 199. The molecule has 1 aliphatic carbocycles. The first-order chi connectivity index (χ1) is 5.29. The predicted molar refractivity (Wildman–Crippen MR) is 54.0 cm³/mol. The molecule has 0 aromatic heterocycles. The minimum absolute atomic E-state index is 1.09. The molecule has 0 aliphatic heterocycles. The van der Waals surface area contributed by atoms with Crippen molar-refractivity contribution in [1.29, 1.82) is 0 Å². The van der Waals surface area contributed by atoms with Gasteiger partial charge in [0.25, 0.3) is 0 Å². The molecule has 0 aromatic rings. The molecule has 0 aromatic carbocycles. The predicted octanol–water partition coefficient (Wildman–Crippen LogP) is 3.18. The van der Waals surface area contributed by atoms with E-state index in [0.29, 0.717) is 0 Å². The van der Waals surface area contributed by atoms with E-state index in [1.165, 1.54) is 16.9 Å². The topological polar surface area (TPSA) is 0 Å². The molecule has 0 nitrogen and oxygen atoms in total. The molecule has 60 valence electrons. The van der Waals surface area contributed by atoms with Crippen molar-refractivity contribution in [3.8, 4) is 0 Å². The van der Waals surface area contributed by atoms with Crippen molar-refractivity contribution in [2.24, 2.45) is 0 Å². The number of allylic oxidation sites excluding steroid dienone is 3. The number of rotatable bonds is 4. The fourth-order valence-electron chi connectivity index (χ4n) is 0.955. The summed E-state index contributed by atoms with van der Waals surface area (Å²) in [6, 6.07) is 0. The van der Waals surface area contributed by atoms with Gasteiger partial charge in [0.1, 0.15) is 0 Å². The second-order valence-corrected chi connectivity index (χ2v) is 3.89.